The summed E-state index contributed by atoms with van der Waals surface area (Å²) in [6.07, 6.45) is 0.146. The van der Waals surface area contributed by atoms with E-state index in [-0.39, 0.29) is 18.6 Å². The number of rotatable bonds is 8. The fourth-order valence-electron chi connectivity index (χ4n) is 3.80. The molecule has 35 heavy (non-hydrogen) atoms. The van der Waals surface area contributed by atoms with Crippen LogP contribution < -0.4 is 0 Å². The first kappa shape index (κ1) is 25.8. The summed E-state index contributed by atoms with van der Waals surface area (Å²) in [6, 6.07) is 19.6. The quantitative estimate of drug-likeness (QED) is 0.175. The fraction of sp³-hybridized carbons (Fsp3) is 0.345. The van der Waals surface area contributed by atoms with Gasteiger partial charge < -0.3 is 9.47 Å². The molecule has 0 amide bonds. The van der Waals surface area contributed by atoms with Crippen LogP contribution in [0.5, 0.6) is 0 Å². The molecule has 0 aliphatic carbocycles. The van der Waals surface area contributed by atoms with Gasteiger partial charge in [-0.25, -0.2) is 0 Å². The Morgan fingerprint density at radius 1 is 1.03 bits per heavy atom. The smallest absolute Gasteiger partial charge is 0.313 e. The van der Waals surface area contributed by atoms with Crippen molar-refractivity contribution in [3.8, 4) is 6.07 Å². The van der Waals surface area contributed by atoms with Gasteiger partial charge in [-0.2, -0.15) is 10.4 Å². The van der Waals surface area contributed by atoms with Crippen molar-refractivity contribution in [2.45, 2.75) is 59.9 Å². The number of aryl methyl sites for hydroxylation is 2. The van der Waals surface area contributed by atoms with E-state index in [1.54, 1.807) is 0 Å². The highest BCUT2D eigenvalue weighted by Gasteiger charge is 2.23. The van der Waals surface area contributed by atoms with Crippen molar-refractivity contribution in [3.05, 3.63) is 88.2 Å². The molecule has 6 nitrogen and oxygen atoms in total. The lowest BCUT2D eigenvalue weighted by atomic mass is 9.86. The molecule has 0 atom stereocenters. The fourth-order valence-corrected chi connectivity index (χ4v) is 3.80. The maximum atomic E-state index is 12.4. The van der Waals surface area contributed by atoms with E-state index in [1.807, 2.05) is 80.1 Å². The second-order valence-corrected chi connectivity index (χ2v) is 9.46. The summed E-state index contributed by atoms with van der Waals surface area (Å²) in [5, 5.41) is 14.8. The minimum atomic E-state index is -0.402. The third kappa shape index (κ3) is 6.19. The molecule has 2 aromatic carbocycles. The average Bonchev–Trinajstić information content (AvgIpc) is 3.12. The number of allylic oxidation sites excluding steroid dienone is 1. The van der Waals surface area contributed by atoms with Crippen LogP contribution in [0.1, 0.15) is 61.3 Å². The van der Waals surface area contributed by atoms with Gasteiger partial charge in [0.2, 0.25) is 6.79 Å². The summed E-state index contributed by atoms with van der Waals surface area (Å²) in [5.41, 5.74) is 5.59. The molecule has 6 heteroatoms. The summed E-state index contributed by atoms with van der Waals surface area (Å²) in [7, 11) is 0. The SMILES string of the molecule is CCn1nc(C)c(C)c1/C(OCOC(=O)Cc1ccccc1)=C(\C#N)c1ccc(C(C)(C)C)cc1. The van der Waals surface area contributed by atoms with Crippen LogP contribution in [0.2, 0.25) is 0 Å². The van der Waals surface area contributed by atoms with E-state index in [1.165, 1.54) is 5.56 Å². The van der Waals surface area contributed by atoms with Gasteiger partial charge in [0.05, 0.1) is 12.1 Å². The molecule has 1 heterocycles. The summed E-state index contributed by atoms with van der Waals surface area (Å²) >= 11 is 0. The van der Waals surface area contributed by atoms with Crippen molar-refractivity contribution in [1.29, 1.82) is 5.26 Å². The molecule has 3 rings (SSSR count). The number of hydrogen-bond acceptors (Lipinski definition) is 5. The number of esters is 1. The molecule has 182 valence electrons. The van der Waals surface area contributed by atoms with E-state index in [0.29, 0.717) is 23.6 Å². The standard InChI is InChI=1S/C29H33N3O3/c1-7-32-27(20(2)21(3)31-32)28(35-19-34-26(33)17-22-11-9-8-10-12-22)25(18-30)23-13-15-24(16-14-23)29(4,5)6/h8-16H,7,17,19H2,1-6H3/b28-25-. The number of carbonyl (C=O) groups is 1. The minimum Gasteiger partial charge on any atom is -0.454 e. The van der Waals surface area contributed by atoms with Gasteiger partial charge in [-0.15, -0.1) is 0 Å². The van der Waals surface area contributed by atoms with Crippen molar-refractivity contribution in [3.63, 3.8) is 0 Å². The normalized spacial score (nSPS) is 12.0. The number of aromatic nitrogens is 2. The van der Waals surface area contributed by atoms with Gasteiger partial charge in [0.15, 0.2) is 5.76 Å². The van der Waals surface area contributed by atoms with E-state index < -0.39 is 5.97 Å². The minimum absolute atomic E-state index is 0.00410. The Labute approximate surface area is 207 Å². The Hall–Kier alpha value is -3.85. The molecular formula is C29H33N3O3. The van der Waals surface area contributed by atoms with Crippen molar-refractivity contribution < 1.29 is 14.3 Å². The van der Waals surface area contributed by atoms with Crippen LogP contribution in [0, 0.1) is 25.2 Å². The average molecular weight is 472 g/mol. The van der Waals surface area contributed by atoms with Crippen molar-refractivity contribution in [2.24, 2.45) is 0 Å². The van der Waals surface area contributed by atoms with Gasteiger partial charge in [-0.3, -0.25) is 9.48 Å². The van der Waals surface area contributed by atoms with Gasteiger partial charge in [-0.1, -0.05) is 75.4 Å². The summed E-state index contributed by atoms with van der Waals surface area (Å²) in [4.78, 5) is 12.4. The molecule has 0 N–H and O–H groups in total. The molecule has 0 bridgehead atoms. The van der Waals surface area contributed by atoms with Gasteiger partial charge >= 0.3 is 5.97 Å². The van der Waals surface area contributed by atoms with Gasteiger partial charge in [-0.05, 0) is 42.9 Å². The molecule has 0 fully saturated rings. The maximum Gasteiger partial charge on any atom is 0.313 e. The van der Waals surface area contributed by atoms with E-state index in [0.717, 1.165) is 22.4 Å². The van der Waals surface area contributed by atoms with Crippen LogP contribution in [0.15, 0.2) is 54.6 Å². The maximum absolute atomic E-state index is 12.4. The van der Waals surface area contributed by atoms with Crippen LogP contribution >= 0.6 is 0 Å². The van der Waals surface area contributed by atoms with Gasteiger partial charge in [0.1, 0.15) is 17.3 Å². The van der Waals surface area contributed by atoms with Gasteiger partial charge in [0.25, 0.3) is 0 Å². The molecule has 1 aromatic heterocycles. The van der Waals surface area contributed by atoms with E-state index in [2.05, 4.69) is 31.9 Å². The molecule has 0 spiro atoms. The van der Waals surface area contributed by atoms with Crippen molar-refractivity contribution in [1.82, 2.24) is 9.78 Å². The summed E-state index contributed by atoms with van der Waals surface area (Å²) in [6.45, 7) is 12.6. The molecule has 3 aromatic rings. The van der Waals surface area contributed by atoms with Crippen LogP contribution in [0.25, 0.3) is 11.3 Å². The monoisotopic (exact) mass is 471 g/mol. The first-order valence-corrected chi connectivity index (χ1v) is 11.8. The van der Waals surface area contributed by atoms with Crippen LogP contribution in [-0.2, 0) is 32.6 Å². The number of nitrogens with zero attached hydrogens (tertiary/aromatic N) is 3. The Morgan fingerprint density at radius 3 is 2.26 bits per heavy atom. The third-order valence-corrected chi connectivity index (χ3v) is 5.93. The lowest BCUT2D eigenvalue weighted by Crippen LogP contribution is -2.13. The molecule has 0 radical (unpaired) electrons. The third-order valence-electron chi connectivity index (χ3n) is 5.93. The highest BCUT2D eigenvalue weighted by atomic mass is 16.7. The number of carbonyl (C=O) groups excluding carboxylic acids is 1. The zero-order chi connectivity index (χ0) is 25.6. The predicted molar refractivity (Wildman–Crippen MR) is 137 cm³/mol. The number of benzene rings is 2. The number of nitriles is 1. The summed E-state index contributed by atoms with van der Waals surface area (Å²) in [5.74, 6) is -0.0519. The second kappa shape index (κ2) is 11.1. The number of hydrogen-bond donors (Lipinski definition) is 0. The van der Waals surface area contributed by atoms with E-state index in [4.69, 9.17) is 9.47 Å². The zero-order valence-corrected chi connectivity index (χ0v) is 21.4. The topological polar surface area (TPSA) is 77.1 Å². The molecule has 0 saturated heterocycles. The molecule has 0 aliphatic heterocycles. The Morgan fingerprint density at radius 2 is 1.69 bits per heavy atom. The Bertz CT molecular complexity index is 1240. The lowest BCUT2D eigenvalue weighted by Gasteiger charge is -2.19. The Balaban J connectivity index is 1.96. The molecule has 0 unspecified atom stereocenters. The second-order valence-electron chi connectivity index (χ2n) is 9.46. The predicted octanol–water partition coefficient (Wildman–Crippen LogP) is 5.97. The van der Waals surface area contributed by atoms with Crippen molar-refractivity contribution >= 4 is 17.3 Å². The largest absolute Gasteiger partial charge is 0.454 e. The highest BCUT2D eigenvalue weighted by molar-refractivity contribution is 5.94. The lowest BCUT2D eigenvalue weighted by molar-refractivity contribution is -0.150. The first-order valence-electron chi connectivity index (χ1n) is 11.8. The van der Waals surface area contributed by atoms with E-state index >= 15 is 0 Å². The van der Waals surface area contributed by atoms with Crippen LogP contribution in [-0.4, -0.2) is 22.5 Å². The van der Waals surface area contributed by atoms with Crippen molar-refractivity contribution in [2.75, 3.05) is 6.79 Å². The number of ether oxygens (including phenoxy) is 2. The van der Waals surface area contributed by atoms with Gasteiger partial charge in [0, 0.05) is 12.1 Å². The molecule has 0 aliphatic rings. The molecular weight excluding hydrogens is 438 g/mol. The highest BCUT2D eigenvalue weighted by Crippen LogP contribution is 2.32. The van der Waals surface area contributed by atoms with Crippen LogP contribution in [0.3, 0.4) is 0 Å². The summed E-state index contributed by atoms with van der Waals surface area (Å²) < 4.78 is 13.2. The Kier molecular flexibility index (Phi) is 8.14. The molecule has 0 saturated carbocycles. The zero-order valence-electron chi connectivity index (χ0n) is 21.4. The van der Waals surface area contributed by atoms with Crippen LogP contribution in [0.4, 0.5) is 0 Å². The first-order chi connectivity index (χ1) is 16.7. The van der Waals surface area contributed by atoms with E-state index in [9.17, 15) is 10.1 Å².